The summed E-state index contributed by atoms with van der Waals surface area (Å²) in [6, 6.07) is 8.20. The van der Waals surface area contributed by atoms with E-state index in [1.54, 1.807) is 0 Å². The Kier molecular flexibility index (Phi) is 6.03. The molecule has 4 rings (SSSR count). The highest BCUT2D eigenvalue weighted by atomic mass is 35.5. The van der Waals surface area contributed by atoms with Crippen molar-refractivity contribution in [1.82, 2.24) is 9.21 Å². The Bertz CT molecular complexity index is 864. The molecular weight excluding hydrogens is 402 g/mol. The van der Waals surface area contributed by atoms with Crippen molar-refractivity contribution in [1.29, 1.82) is 0 Å². The van der Waals surface area contributed by atoms with E-state index in [-0.39, 0.29) is 36.3 Å². The number of piperidine rings is 1. The van der Waals surface area contributed by atoms with Crippen molar-refractivity contribution < 1.29 is 18.0 Å². The molecule has 1 aromatic rings. The first-order valence-electron chi connectivity index (χ1n) is 9.37. The van der Waals surface area contributed by atoms with Crippen molar-refractivity contribution in [3.05, 3.63) is 35.4 Å². The van der Waals surface area contributed by atoms with Crippen LogP contribution in [-0.4, -0.2) is 67.8 Å². The van der Waals surface area contributed by atoms with Gasteiger partial charge in [-0.25, -0.2) is 12.7 Å². The number of likely N-dealkylation sites (tertiary alicyclic amines) is 1. The van der Waals surface area contributed by atoms with Crippen LogP contribution in [0.1, 0.15) is 24.0 Å². The SMILES string of the molecule is Cc1ccc(C2=NOC3CN(C(=O)C4CCN(S(C)(=O)=O)CC4)CC23)cc1.Cl. The fourth-order valence-corrected chi connectivity index (χ4v) is 5.07. The minimum Gasteiger partial charge on any atom is -0.390 e. The maximum absolute atomic E-state index is 12.9. The Morgan fingerprint density at radius 1 is 1.14 bits per heavy atom. The lowest BCUT2D eigenvalue weighted by atomic mass is 9.94. The fourth-order valence-electron chi connectivity index (χ4n) is 4.20. The molecule has 2 unspecified atom stereocenters. The summed E-state index contributed by atoms with van der Waals surface area (Å²) in [5.41, 5.74) is 3.16. The lowest BCUT2D eigenvalue weighted by Crippen LogP contribution is -2.44. The molecule has 1 aromatic carbocycles. The predicted molar refractivity (Wildman–Crippen MR) is 109 cm³/mol. The number of halogens is 1. The second kappa shape index (κ2) is 8.00. The van der Waals surface area contributed by atoms with Crippen molar-refractivity contribution >= 4 is 34.0 Å². The number of carbonyl (C=O) groups excluding carboxylic acids is 1. The maximum Gasteiger partial charge on any atom is 0.225 e. The summed E-state index contributed by atoms with van der Waals surface area (Å²) in [6.45, 7) is 4.05. The van der Waals surface area contributed by atoms with Gasteiger partial charge < -0.3 is 9.74 Å². The number of benzene rings is 1. The topological polar surface area (TPSA) is 79.3 Å². The van der Waals surface area contributed by atoms with Gasteiger partial charge in [0.2, 0.25) is 15.9 Å². The smallest absolute Gasteiger partial charge is 0.225 e. The number of oxime groups is 1. The molecule has 0 aromatic heterocycles. The number of hydrogen-bond donors (Lipinski definition) is 0. The molecule has 0 spiro atoms. The van der Waals surface area contributed by atoms with Gasteiger partial charge in [0, 0.05) is 25.6 Å². The van der Waals surface area contributed by atoms with Gasteiger partial charge in [0.15, 0.2) is 6.10 Å². The molecule has 0 radical (unpaired) electrons. The third-order valence-electron chi connectivity index (χ3n) is 5.84. The van der Waals surface area contributed by atoms with Crippen LogP contribution in [-0.2, 0) is 19.7 Å². The number of rotatable bonds is 3. The van der Waals surface area contributed by atoms with E-state index < -0.39 is 10.0 Å². The molecule has 154 valence electrons. The van der Waals surface area contributed by atoms with Gasteiger partial charge in [0.25, 0.3) is 0 Å². The number of nitrogens with zero attached hydrogens (tertiary/aromatic N) is 3. The molecule has 2 saturated heterocycles. The number of amides is 1. The van der Waals surface area contributed by atoms with Gasteiger partial charge >= 0.3 is 0 Å². The molecule has 0 aliphatic carbocycles. The summed E-state index contributed by atoms with van der Waals surface area (Å²) in [7, 11) is -3.17. The van der Waals surface area contributed by atoms with Crippen molar-refractivity contribution in [3.8, 4) is 0 Å². The van der Waals surface area contributed by atoms with Crippen LogP contribution in [0.3, 0.4) is 0 Å². The first kappa shape index (κ1) is 21.1. The van der Waals surface area contributed by atoms with Crippen molar-refractivity contribution in [2.24, 2.45) is 17.0 Å². The van der Waals surface area contributed by atoms with Gasteiger partial charge in [-0.15, -0.1) is 12.4 Å². The van der Waals surface area contributed by atoms with Gasteiger partial charge in [0.1, 0.15) is 0 Å². The summed E-state index contributed by atoms with van der Waals surface area (Å²) < 4.78 is 24.7. The minimum atomic E-state index is -3.17. The molecule has 28 heavy (non-hydrogen) atoms. The molecule has 7 nitrogen and oxygen atoms in total. The summed E-state index contributed by atoms with van der Waals surface area (Å²) in [5, 5.41) is 4.27. The number of hydrogen-bond acceptors (Lipinski definition) is 5. The Balaban J connectivity index is 0.00000225. The van der Waals surface area contributed by atoms with Crippen LogP contribution in [0, 0.1) is 18.8 Å². The number of carbonyl (C=O) groups is 1. The van der Waals surface area contributed by atoms with Crippen LogP contribution in [0.5, 0.6) is 0 Å². The van der Waals surface area contributed by atoms with Gasteiger partial charge in [-0.2, -0.15) is 0 Å². The normalized spacial score (nSPS) is 25.6. The van der Waals surface area contributed by atoms with Crippen molar-refractivity contribution in [3.63, 3.8) is 0 Å². The first-order chi connectivity index (χ1) is 12.8. The van der Waals surface area contributed by atoms with Crippen LogP contribution in [0.25, 0.3) is 0 Å². The molecule has 0 saturated carbocycles. The molecule has 0 N–H and O–H groups in total. The highest BCUT2D eigenvalue weighted by Gasteiger charge is 2.45. The fraction of sp³-hybridized carbons (Fsp3) is 0.579. The van der Waals surface area contributed by atoms with E-state index in [1.807, 2.05) is 24.0 Å². The monoisotopic (exact) mass is 427 g/mol. The van der Waals surface area contributed by atoms with Gasteiger partial charge in [-0.05, 0) is 25.3 Å². The molecule has 2 fully saturated rings. The largest absolute Gasteiger partial charge is 0.390 e. The van der Waals surface area contributed by atoms with E-state index in [4.69, 9.17) is 4.84 Å². The zero-order chi connectivity index (χ0) is 19.2. The van der Waals surface area contributed by atoms with Gasteiger partial charge in [-0.1, -0.05) is 35.0 Å². The predicted octanol–water partition coefficient (Wildman–Crippen LogP) is 1.65. The molecule has 3 heterocycles. The summed E-state index contributed by atoms with van der Waals surface area (Å²) in [6.07, 6.45) is 2.30. The van der Waals surface area contributed by atoms with E-state index in [9.17, 15) is 13.2 Å². The molecule has 1 amide bonds. The van der Waals surface area contributed by atoms with Crippen molar-refractivity contribution in [2.45, 2.75) is 25.9 Å². The summed E-state index contributed by atoms with van der Waals surface area (Å²) in [5.74, 6) is 0.110. The zero-order valence-electron chi connectivity index (χ0n) is 16.1. The zero-order valence-corrected chi connectivity index (χ0v) is 17.7. The standard InChI is InChI=1S/C19H25N3O4S.ClH/c1-13-3-5-14(6-4-13)18-16-11-21(12-17(16)26-20-18)19(23)15-7-9-22(10-8-15)27(2,24)25;/h3-6,15-17H,7-12H2,1-2H3;1H. The highest BCUT2D eigenvalue weighted by molar-refractivity contribution is 7.88. The number of fused-ring (bicyclic) bond motifs is 1. The highest BCUT2D eigenvalue weighted by Crippen LogP contribution is 2.32. The Labute approximate surface area is 172 Å². The van der Waals surface area contributed by atoms with E-state index in [0.717, 1.165) is 11.3 Å². The van der Waals surface area contributed by atoms with Crippen LogP contribution >= 0.6 is 12.4 Å². The van der Waals surface area contributed by atoms with Crippen LogP contribution < -0.4 is 0 Å². The number of aryl methyl sites for hydroxylation is 1. The second-order valence-electron chi connectivity index (χ2n) is 7.77. The third kappa shape index (κ3) is 4.04. The number of sulfonamides is 1. The summed E-state index contributed by atoms with van der Waals surface area (Å²) >= 11 is 0. The average molecular weight is 428 g/mol. The van der Waals surface area contributed by atoms with Crippen LogP contribution in [0.15, 0.2) is 29.4 Å². The Morgan fingerprint density at radius 2 is 1.79 bits per heavy atom. The molecule has 3 aliphatic heterocycles. The second-order valence-corrected chi connectivity index (χ2v) is 9.75. The van der Waals surface area contributed by atoms with E-state index >= 15 is 0 Å². The Hall–Kier alpha value is -1.64. The lowest BCUT2D eigenvalue weighted by Gasteiger charge is -2.31. The molecule has 0 bridgehead atoms. The first-order valence-corrected chi connectivity index (χ1v) is 11.2. The quantitative estimate of drug-likeness (QED) is 0.734. The van der Waals surface area contributed by atoms with Crippen LogP contribution in [0.4, 0.5) is 0 Å². The molecule has 9 heteroatoms. The van der Waals surface area contributed by atoms with E-state index in [0.29, 0.717) is 39.0 Å². The third-order valence-corrected chi connectivity index (χ3v) is 7.14. The van der Waals surface area contributed by atoms with Crippen LogP contribution in [0.2, 0.25) is 0 Å². The molecule has 3 aliphatic rings. The van der Waals surface area contributed by atoms with Gasteiger partial charge in [0.05, 0.1) is 24.4 Å². The molecule has 2 atom stereocenters. The van der Waals surface area contributed by atoms with E-state index in [1.165, 1.54) is 16.1 Å². The Morgan fingerprint density at radius 3 is 2.39 bits per heavy atom. The van der Waals surface area contributed by atoms with Crippen molar-refractivity contribution in [2.75, 3.05) is 32.4 Å². The van der Waals surface area contributed by atoms with Gasteiger partial charge in [-0.3, -0.25) is 4.79 Å². The van der Waals surface area contributed by atoms with E-state index in [2.05, 4.69) is 17.3 Å². The maximum atomic E-state index is 12.9. The minimum absolute atomic E-state index is 0. The lowest BCUT2D eigenvalue weighted by molar-refractivity contribution is -0.136. The average Bonchev–Trinajstić information content (AvgIpc) is 3.22. The molecular formula is C19H26ClN3O4S. The summed E-state index contributed by atoms with van der Waals surface area (Å²) in [4.78, 5) is 20.4.